The van der Waals surface area contributed by atoms with Crippen LogP contribution in [0.25, 0.3) is 0 Å². The van der Waals surface area contributed by atoms with Gasteiger partial charge in [0, 0.05) is 6.07 Å². The first-order chi connectivity index (χ1) is 4.86. The number of rotatable bonds is 2. The molecule has 0 aliphatic heterocycles. The minimum absolute atomic E-state index is 0.690. The largest absolute Gasteiger partial charge is 0.495 e. The van der Waals surface area contributed by atoms with Gasteiger partial charge >= 0.3 is 0 Å². The third-order valence-electron chi connectivity index (χ3n) is 1.12. The Hall–Kier alpha value is -1.29. The number of methoxy groups -OCH3 is 1. The summed E-state index contributed by atoms with van der Waals surface area (Å²) in [6.07, 6.45) is 3.23. The summed E-state index contributed by atoms with van der Waals surface area (Å²) in [6, 6.07) is 1.76. The SMILES string of the molecule is COc1cncc(NN)c1. The Morgan fingerprint density at radius 2 is 2.40 bits per heavy atom. The number of anilines is 1. The van der Waals surface area contributed by atoms with E-state index in [1.165, 1.54) is 0 Å². The summed E-state index contributed by atoms with van der Waals surface area (Å²) in [7, 11) is 1.58. The standard InChI is InChI=1S/C6H9N3O/c1-10-6-2-5(9-7)3-8-4-6/h2-4,9H,7H2,1H3. The van der Waals surface area contributed by atoms with Crippen LogP contribution < -0.4 is 16.0 Å². The van der Waals surface area contributed by atoms with Crippen molar-refractivity contribution in [1.82, 2.24) is 4.98 Å². The predicted octanol–water partition coefficient (Wildman–Crippen LogP) is 0.376. The van der Waals surface area contributed by atoms with E-state index in [2.05, 4.69) is 10.4 Å². The third kappa shape index (κ3) is 1.35. The van der Waals surface area contributed by atoms with Gasteiger partial charge in [0.15, 0.2) is 0 Å². The highest BCUT2D eigenvalue weighted by Crippen LogP contribution is 2.12. The highest BCUT2D eigenvalue weighted by Gasteiger charge is 1.91. The zero-order valence-corrected chi connectivity index (χ0v) is 5.66. The molecule has 54 valence electrons. The number of nitrogen functional groups attached to an aromatic ring is 1. The Kier molecular flexibility index (Phi) is 2.07. The Bertz CT molecular complexity index is 195. The molecule has 0 unspecified atom stereocenters. The maximum absolute atomic E-state index is 5.13. The number of pyridine rings is 1. The van der Waals surface area contributed by atoms with Gasteiger partial charge in [-0.2, -0.15) is 0 Å². The molecule has 0 bridgehead atoms. The first-order valence-electron chi connectivity index (χ1n) is 2.82. The molecule has 4 nitrogen and oxygen atoms in total. The van der Waals surface area contributed by atoms with Crippen molar-refractivity contribution in [2.24, 2.45) is 5.84 Å². The molecule has 1 heterocycles. The number of hydrogen-bond donors (Lipinski definition) is 2. The van der Waals surface area contributed by atoms with E-state index in [1.54, 1.807) is 25.6 Å². The second-order valence-electron chi connectivity index (χ2n) is 1.76. The number of nitrogens with zero attached hydrogens (tertiary/aromatic N) is 1. The molecule has 0 saturated heterocycles. The summed E-state index contributed by atoms with van der Waals surface area (Å²) in [4.78, 5) is 3.86. The lowest BCUT2D eigenvalue weighted by molar-refractivity contribution is 0.413. The summed E-state index contributed by atoms with van der Waals surface area (Å²) in [6.45, 7) is 0. The van der Waals surface area contributed by atoms with Crippen LogP contribution in [-0.4, -0.2) is 12.1 Å². The van der Waals surface area contributed by atoms with Gasteiger partial charge in [0.1, 0.15) is 5.75 Å². The van der Waals surface area contributed by atoms with Gasteiger partial charge in [0.2, 0.25) is 0 Å². The van der Waals surface area contributed by atoms with Crippen molar-refractivity contribution in [3.05, 3.63) is 18.5 Å². The third-order valence-corrected chi connectivity index (χ3v) is 1.12. The number of nitrogens with one attached hydrogen (secondary N) is 1. The molecule has 0 aliphatic rings. The topological polar surface area (TPSA) is 60.2 Å². The van der Waals surface area contributed by atoms with Crippen molar-refractivity contribution >= 4 is 5.69 Å². The molecular formula is C6H9N3O. The second-order valence-corrected chi connectivity index (χ2v) is 1.76. The molecule has 0 saturated carbocycles. The lowest BCUT2D eigenvalue weighted by atomic mass is 10.4. The smallest absolute Gasteiger partial charge is 0.139 e. The van der Waals surface area contributed by atoms with Crippen LogP contribution in [0.3, 0.4) is 0 Å². The van der Waals surface area contributed by atoms with Crippen LogP contribution in [0.1, 0.15) is 0 Å². The molecule has 0 aliphatic carbocycles. The van der Waals surface area contributed by atoms with Crippen LogP contribution in [0.5, 0.6) is 5.75 Å². The fourth-order valence-electron chi connectivity index (χ4n) is 0.609. The normalized spacial score (nSPS) is 9.00. The summed E-state index contributed by atoms with van der Waals surface area (Å²) >= 11 is 0. The van der Waals surface area contributed by atoms with Crippen LogP contribution in [0.4, 0.5) is 5.69 Å². The lowest BCUT2D eigenvalue weighted by Crippen LogP contribution is -2.06. The molecule has 4 heteroatoms. The minimum Gasteiger partial charge on any atom is -0.495 e. The van der Waals surface area contributed by atoms with Crippen LogP contribution in [0.15, 0.2) is 18.5 Å². The highest BCUT2D eigenvalue weighted by molar-refractivity contribution is 5.43. The highest BCUT2D eigenvalue weighted by atomic mass is 16.5. The van der Waals surface area contributed by atoms with Crippen molar-refractivity contribution in [3.63, 3.8) is 0 Å². The number of hydrogen-bond acceptors (Lipinski definition) is 4. The Balaban J connectivity index is 2.87. The first kappa shape index (κ1) is 6.82. The molecular weight excluding hydrogens is 130 g/mol. The van der Waals surface area contributed by atoms with E-state index < -0.39 is 0 Å². The van der Waals surface area contributed by atoms with Crippen molar-refractivity contribution < 1.29 is 4.74 Å². The molecule has 0 amide bonds. The Morgan fingerprint density at radius 1 is 1.60 bits per heavy atom. The van der Waals surface area contributed by atoms with E-state index >= 15 is 0 Å². The van der Waals surface area contributed by atoms with Gasteiger partial charge in [-0.05, 0) is 0 Å². The lowest BCUT2D eigenvalue weighted by Gasteiger charge is -2.00. The van der Waals surface area contributed by atoms with Crippen molar-refractivity contribution in [1.29, 1.82) is 0 Å². The average Bonchev–Trinajstić information content (AvgIpc) is 2.05. The minimum atomic E-state index is 0.690. The summed E-state index contributed by atoms with van der Waals surface area (Å²) in [5, 5.41) is 0. The van der Waals surface area contributed by atoms with E-state index in [9.17, 15) is 0 Å². The number of aromatic nitrogens is 1. The first-order valence-corrected chi connectivity index (χ1v) is 2.82. The molecule has 1 aromatic heterocycles. The molecule has 0 spiro atoms. The van der Waals surface area contributed by atoms with E-state index in [0.717, 1.165) is 5.69 Å². The van der Waals surface area contributed by atoms with Crippen molar-refractivity contribution in [2.75, 3.05) is 12.5 Å². The maximum Gasteiger partial charge on any atom is 0.139 e. The molecule has 0 atom stereocenters. The summed E-state index contributed by atoms with van der Waals surface area (Å²) in [5.41, 5.74) is 3.19. The molecule has 1 aromatic rings. The Morgan fingerprint density at radius 3 is 3.00 bits per heavy atom. The fourth-order valence-corrected chi connectivity index (χ4v) is 0.609. The summed E-state index contributed by atoms with van der Waals surface area (Å²) in [5.74, 6) is 5.82. The molecule has 0 radical (unpaired) electrons. The van der Waals surface area contributed by atoms with Gasteiger partial charge in [0.25, 0.3) is 0 Å². The van der Waals surface area contributed by atoms with E-state index in [4.69, 9.17) is 10.6 Å². The van der Waals surface area contributed by atoms with Crippen LogP contribution in [-0.2, 0) is 0 Å². The van der Waals surface area contributed by atoms with Crippen molar-refractivity contribution in [3.8, 4) is 5.75 Å². The molecule has 0 fully saturated rings. The second kappa shape index (κ2) is 3.03. The van der Waals surface area contributed by atoms with Gasteiger partial charge in [-0.1, -0.05) is 0 Å². The number of hydrazine groups is 1. The summed E-state index contributed by atoms with van der Waals surface area (Å²) < 4.78 is 4.90. The van der Waals surface area contributed by atoms with Gasteiger partial charge in [-0.3, -0.25) is 10.8 Å². The van der Waals surface area contributed by atoms with Gasteiger partial charge in [-0.25, -0.2) is 0 Å². The predicted molar refractivity (Wildman–Crippen MR) is 38.6 cm³/mol. The zero-order valence-electron chi connectivity index (χ0n) is 5.66. The van der Waals surface area contributed by atoms with E-state index in [0.29, 0.717) is 5.75 Å². The van der Waals surface area contributed by atoms with Crippen LogP contribution in [0, 0.1) is 0 Å². The Labute approximate surface area is 59.0 Å². The average molecular weight is 139 g/mol. The van der Waals surface area contributed by atoms with E-state index in [-0.39, 0.29) is 0 Å². The monoisotopic (exact) mass is 139 g/mol. The van der Waals surface area contributed by atoms with Gasteiger partial charge < -0.3 is 10.2 Å². The zero-order chi connectivity index (χ0) is 7.40. The quantitative estimate of drug-likeness (QED) is 0.459. The fraction of sp³-hybridized carbons (Fsp3) is 0.167. The molecule has 1 rings (SSSR count). The van der Waals surface area contributed by atoms with Crippen molar-refractivity contribution in [2.45, 2.75) is 0 Å². The van der Waals surface area contributed by atoms with Gasteiger partial charge in [0.05, 0.1) is 25.2 Å². The number of nitrogens with two attached hydrogens (primary N) is 1. The van der Waals surface area contributed by atoms with E-state index in [1.807, 2.05) is 0 Å². The van der Waals surface area contributed by atoms with Crippen LogP contribution >= 0.6 is 0 Å². The molecule has 0 aromatic carbocycles. The van der Waals surface area contributed by atoms with Gasteiger partial charge in [-0.15, -0.1) is 0 Å². The molecule has 3 N–H and O–H groups in total. The van der Waals surface area contributed by atoms with Crippen LogP contribution in [0.2, 0.25) is 0 Å². The number of ether oxygens (including phenoxy) is 1. The maximum atomic E-state index is 5.13. The molecule has 10 heavy (non-hydrogen) atoms.